The van der Waals surface area contributed by atoms with Crippen molar-refractivity contribution in [2.24, 2.45) is 5.41 Å². The molecule has 0 bridgehead atoms. The molecule has 0 N–H and O–H groups in total. The van der Waals surface area contributed by atoms with Crippen LogP contribution in [0, 0.1) is 5.41 Å². The van der Waals surface area contributed by atoms with Gasteiger partial charge in [-0.3, -0.25) is 0 Å². The number of rotatable bonds is 2. The van der Waals surface area contributed by atoms with Gasteiger partial charge in [-0.15, -0.1) is 0 Å². The van der Waals surface area contributed by atoms with Crippen molar-refractivity contribution in [2.45, 2.75) is 52.0 Å². The van der Waals surface area contributed by atoms with Gasteiger partial charge in [-0.2, -0.15) is 5.10 Å². The van der Waals surface area contributed by atoms with Gasteiger partial charge in [-0.25, -0.2) is 4.68 Å². The van der Waals surface area contributed by atoms with E-state index in [0.717, 1.165) is 25.5 Å². The van der Waals surface area contributed by atoms with Gasteiger partial charge in [0.25, 0.3) is 0 Å². The molecule has 0 aromatic carbocycles. The predicted molar refractivity (Wildman–Crippen MR) is 62.7 cm³/mol. The molecule has 3 nitrogen and oxygen atoms in total. The Kier molecular flexibility index (Phi) is 1.92. The highest BCUT2D eigenvalue weighted by molar-refractivity contribution is 5.33. The minimum Gasteiger partial charge on any atom is -0.477 e. The summed E-state index contributed by atoms with van der Waals surface area (Å²) in [7, 11) is 0. The van der Waals surface area contributed by atoms with E-state index in [1.54, 1.807) is 0 Å². The lowest BCUT2D eigenvalue weighted by Crippen LogP contribution is -2.28. The van der Waals surface area contributed by atoms with Crippen molar-refractivity contribution in [1.82, 2.24) is 9.78 Å². The summed E-state index contributed by atoms with van der Waals surface area (Å²) in [6, 6.07) is 0. The van der Waals surface area contributed by atoms with Crippen LogP contribution in [0.5, 0.6) is 5.88 Å². The third kappa shape index (κ3) is 1.37. The van der Waals surface area contributed by atoms with Crippen LogP contribution in [0.4, 0.5) is 0 Å². The fourth-order valence-electron chi connectivity index (χ4n) is 2.36. The average Bonchev–Trinajstić information content (AvgIpc) is 2.87. The van der Waals surface area contributed by atoms with Crippen molar-refractivity contribution < 1.29 is 4.74 Å². The maximum atomic E-state index is 5.96. The molecule has 1 spiro atoms. The van der Waals surface area contributed by atoms with Gasteiger partial charge >= 0.3 is 0 Å². The molecule has 0 saturated heterocycles. The lowest BCUT2D eigenvalue weighted by Gasteiger charge is -2.28. The minimum atomic E-state index is 0.168. The zero-order chi connectivity index (χ0) is 11.4. The Morgan fingerprint density at radius 2 is 2.25 bits per heavy atom. The van der Waals surface area contributed by atoms with Crippen LogP contribution in [0.1, 0.15) is 45.6 Å². The Morgan fingerprint density at radius 1 is 1.50 bits per heavy atom. The second-order valence-electron chi connectivity index (χ2n) is 6.05. The van der Waals surface area contributed by atoms with Crippen molar-refractivity contribution in [3.05, 3.63) is 11.8 Å². The van der Waals surface area contributed by atoms with E-state index in [0.29, 0.717) is 5.41 Å². The molecular formula is C13H20N2O. The minimum absolute atomic E-state index is 0.168. The van der Waals surface area contributed by atoms with Gasteiger partial charge in [-0.1, -0.05) is 20.8 Å². The first-order chi connectivity index (χ1) is 7.56. The molecular weight excluding hydrogens is 200 g/mol. The normalized spacial score (nSPS) is 21.7. The smallest absolute Gasteiger partial charge is 0.215 e. The topological polar surface area (TPSA) is 27.1 Å². The second kappa shape index (κ2) is 3.02. The Bertz CT molecular complexity index is 416. The monoisotopic (exact) mass is 220 g/mol. The Morgan fingerprint density at radius 3 is 2.88 bits per heavy atom. The summed E-state index contributed by atoms with van der Waals surface area (Å²) >= 11 is 0. The quantitative estimate of drug-likeness (QED) is 0.766. The first-order valence-electron chi connectivity index (χ1n) is 6.25. The van der Waals surface area contributed by atoms with Crippen LogP contribution < -0.4 is 4.74 Å². The molecule has 16 heavy (non-hydrogen) atoms. The molecule has 0 radical (unpaired) electrons. The predicted octanol–water partition coefficient (Wildman–Crippen LogP) is 2.74. The summed E-state index contributed by atoms with van der Waals surface area (Å²) < 4.78 is 8.03. The molecule has 1 aromatic heterocycles. The summed E-state index contributed by atoms with van der Waals surface area (Å²) in [5.41, 5.74) is 1.87. The van der Waals surface area contributed by atoms with Gasteiger partial charge in [0.05, 0.1) is 19.3 Å². The number of ether oxygens (including phenoxy) is 1. The van der Waals surface area contributed by atoms with Crippen LogP contribution in [-0.2, 0) is 12.0 Å². The fraction of sp³-hybridized carbons (Fsp3) is 0.769. The maximum absolute atomic E-state index is 5.96. The molecule has 2 heterocycles. The molecule has 88 valence electrons. The van der Waals surface area contributed by atoms with E-state index in [2.05, 4.69) is 30.6 Å². The lowest BCUT2D eigenvalue weighted by molar-refractivity contribution is 0.145. The van der Waals surface area contributed by atoms with Crippen LogP contribution >= 0.6 is 0 Å². The molecule has 1 fully saturated rings. The Labute approximate surface area is 96.8 Å². The van der Waals surface area contributed by atoms with E-state index >= 15 is 0 Å². The van der Waals surface area contributed by atoms with Gasteiger partial charge < -0.3 is 4.74 Å². The number of fused-ring (bicyclic) bond motifs is 1. The highest BCUT2D eigenvalue weighted by Gasteiger charge is 2.48. The molecule has 0 atom stereocenters. The Balaban J connectivity index is 1.96. The molecule has 1 aliphatic heterocycles. The van der Waals surface area contributed by atoms with E-state index in [9.17, 15) is 0 Å². The van der Waals surface area contributed by atoms with Crippen molar-refractivity contribution in [3.63, 3.8) is 0 Å². The third-order valence-corrected chi connectivity index (χ3v) is 4.36. The fourth-order valence-corrected chi connectivity index (χ4v) is 2.36. The molecule has 2 aliphatic rings. The molecule has 3 rings (SSSR count). The molecule has 1 aliphatic carbocycles. The van der Waals surface area contributed by atoms with Gasteiger partial charge in [0.1, 0.15) is 0 Å². The van der Waals surface area contributed by atoms with Crippen molar-refractivity contribution in [2.75, 3.05) is 6.61 Å². The van der Waals surface area contributed by atoms with Crippen LogP contribution in [0.15, 0.2) is 6.20 Å². The number of aromatic nitrogens is 2. The van der Waals surface area contributed by atoms with E-state index in [1.165, 1.54) is 18.4 Å². The highest BCUT2D eigenvalue weighted by atomic mass is 16.5. The number of hydrogen-bond acceptors (Lipinski definition) is 2. The van der Waals surface area contributed by atoms with Crippen LogP contribution in [0.2, 0.25) is 0 Å². The molecule has 0 unspecified atom stereocenters. The standard InChI is InChI=1S/C13H20N2O/c1-4-12(2,3)10-7-14-15-8-13(5-6-13)9-16-11(10)15/h7H,4-6,8-9H2,1-3H3. The van der Waals surface area contributed by atoms with E-state index in [1.807, 2.05) is 6.20 Å². The van der Waals surface area contributed by atoms with Gasteiger partial charge in [0.15, 0.2) is 0 Å². The van der Waals surface area contributed by atoms with Gasteiger partial charge in [0, 0.05) is 11.0 Å². The van der Waals surface area contributed by atoms with Crippen molar-refractivity contribution in [1.29, 1.82) is 0 Å². The largest absolute Gasteiger partial charge is 0.477 e. The van der Waals surface area contributed by atoms with E-state index in [4.69, 9.17) is 4.74 Å². The first-order valence-corrected chi connectivity index (χ1v) is 6.25. The maximum Gasteiger partial charge on any atom is 0.215 e. The number of nitrogens with zero attached hydrogens (tertiary/aromatic N) is 2. The third-order valence-electron chi connectivity index (χ3n) is 4.36. The summed E-state index contributed by atoms with van der Waals surface area (Å²) in [5.74, 6) is 1.02. The summed E-state index contributed by atoms with van der Waals surface area (Å²) in [4.78, 5) is 0. The average molecular weight is 220 g/mol. The van der Waals surface area contributed by atoms with Crippen LogP contribution in [-0.4, -0.2) is 16.4 Å². The van der Waals surface area contributed by atoms with Crippen LogP contribution in [0.3, 0.4) is 0 Å². The summed E-state index contributed by atoms with van der Waals surface area (Å²) in [5, 5.41) is 4.50. The molecule has 1 aromatic rings. The van der Waals surface area contributed by atoms with Gasteiger partial charge in [-0.05, 0) is 24.7 Å². The van der Waals surface area contributed by atoms with Gasteiger partial charge in [0.2, 0.25) is 5.88 Å². The SMILES string of the molecule is CCC(C)(C)c1cnn2c1OCC1(CC1)C2. The van der Waals surface area contributed by atoms with E-state index < -0.39 is 0 Å². The molecule has 0 amide bonds. The van der Waals surface area contributed by atoms with Crippen molar-refractivity contribution in [3.8, 4) is 5.88 Å². The van der Waals surface area contributed by atoms with Crippen molar-refractivity contribution >= 4 is 0 Å². The summed E-state index contributed by atoms with van der Waals surface area (Å²) in [6.07, 6.45) is 5.72. The lowest BCUT2D eigenvalue weighted by atomic mass is 9.84. The van der Waals surface area contributed by atoms with E-state index in [-0.39, 0.29) is 5.41 Å². The zero-order valence-electron chi connectivity index (χ0n) is 10.4. The second-order valence-corrected chi connectivity index (χ2v) is 6.05. The van der Waals surface area contributed by atoms with Crippen LogP contribution in [0.25, 0.3) is 0 Å². The zero-order valence-corrected chi connectivity index (χ0v) is 10.4. The summed E-state index contributed by atoms with van der Waals surface area (Å²) in [6.45, 7) is 8.69. The first kappa shape index (κ1) is 10.2. The highest BCUT2D eigenvalue weighted by Crippen LogP contribution is 2.51. The molecule has 3 heteroatoms. The molecule has 1 saturated carbocycles. The number of hydrogen-bond donors (Lipinski definition) is 0. The Hall–Kier alpha value is -0.990.